The van der Waals surface area contributed by atoms with Gasteiger partial charge in [0.25, 0.3) is 0 Å². The van der Waals surface area contributed by atoms with E-state index in [9.17, 15) is 0 Å². The van der Waals surface area contributed by atoms with Crippen LogP contribution in [0.5, 0.6) is 5.75 Å². The lowest BCUT2D eigenvalue weighted by Gasteiger charge is -2.40. The van der Waals surface area contributed by atoms with Crippen molar-refractivity contribution in [1.82, 2.24) is 9.47 Å². The van der Waals surface area contributed by atoms with Crippen molar-refractivity contribution in [1.29, 1.82) is 0 Å². The molecule has 0 aliphatic rings. The van der Waals surface area contributed by atoms with E-state index >= 15 is 0 Å². The third-order valence-electron chi connectivity index (χ3n) is 3.34. The van der Waals surface area contributed by atoms with Gasteiger partial charge in [-0.05, 0) is 49.6 Å². The lowest BCUT2D eigenvalue weighted by molar-refractivity contribution is 0.313. The Morgan fingerprint density at radius 1 is 1.26 bits per heavy atom. The smallest absolute Gasteiger partial charge is 0.119 e. The molecule has 3 nitrogen and oxygen atoms in total. The zero-order chi connectivity index (χ0) is 14.2. The number of hydrogen-bond acceptors (Lipinski definition) is 2. The lowest BCUT2D eigenvalue weighted by atomic mass is 9.52. The van der Waals surface area contributed by atoms with Crippen molar-refractivity contribution in [3.05, 3.63) is 30.5 Å². The Balaban J connectivity index is 2.51. The summed E-state index contributed by atoms with van der Waals surface area (Å²) >= 11 is 0. The minimum absolute atomic E-state index is 0.509. The first-order chi connectivity index (χ1) is 8.87. The van der Waals surface area contributed by atoms with Gasteiger partial charge in [0.1, 0.15) is 5.75 Å². The molecule has 0 N–H and O–H groups in total. The van der Waals surface area contributed by atoms with Crippen LogP contribution in [0, 0.1) is 0 Å². The highest BCUT2D eigenvalue weighted by Crippen LogP contribution is 2.26. The third kappa shape index (κ3) is 2.41. The van der Waals surface area contributed by atoms with Crippen LogP contribution >= 0.6 is 0 Å². The molecular formula is C13H15B3N2O. The van der Waals surface area contributed by atoms with Gasteiger partial charge in [0, 0.05) is 17.1 Å². The van der Waals surface area contributed by atoms with Crippen molar-refractivity contribution < 1.29 is 4.74 Å². The number of benzene rings is 1. The molecule has 1 unspecified atom stereocenters. The summed E-state index contributed by atoms with van der Waals surface area (Å²) < 4.78 is 6.98. The molecule has 0 aliphatic carbocycles. The minimum atomic E-state index is -1.19. The normalized spacial score (nSPS) is 13.9. The predicted molar refractivity (Wildman–Crippen MR) is 81.2 cm³/mol. The summed E-state index contributed by atoms with van der Waals surface area (Å²) in [6, 6.07) is 7.67. The first kappa shape index (κ1) is 14.1. The van der Waals surface area contributed by atoms with Gasteiger partial charge in [0.05, 0.1) is 30.6 Å². The van der Waals surface area contributed by atoms with Crippen molar-refractivity contribution in [2.45, 2.75) is 11.3 Å². The highest BCUT2D eigenvalue weighted by atomic mass is 16.5. The molecule has 0 saturated carbocycles. The summed E-state index contributed by atoms with van der Waals surface area (Å²) in [4.78, 5) is 1.79. The summed E-state index contributed by atoms with van der Waals surface area (Å²) in [6.07, 6.45) is 1.84. The van der Waals surface area contributed by atoms with Gasteiger partial charge in [-0.2, -0.15) is 0 Å². The molecule has 1 atom stereocenters. The van der Waals surface area contributed by atoms with Gasteiger partial charge in [0.15, 0.2) is 0 Å². The lowest BCUT2D eigenvalue weighted by Crippen LogP contribution is -2.53. The molecule has 0 saturated heterocycles. The summed E-state index contributed by atoms with van der Waals surface area (Å²) in [5.41, 5.74) is 0.920. The van der Waals surface area contributed by atoms with Crippen molar-refractivity contribution in [2.75, 3.05) is 21.2 Å². The van der Waals surface area contributed by atoms with Crippen LogP contribution in [0.25, 0.3) is 10.9 Å². The fourth-order valence-corrected chi connectivity index (χ4v) is 2.14. The van der Waals surface area contributed by atoms with Crippen LogP contribution in [0.3, 0.4) is 0 Å². The van der Waals surface area contributed by atoms with Crippen LogP contribution in [0.1, 0.15) is 0 Å². The van der Waals surface area contributed by atoms with Gasteiger partial charge >= 0.3 is 0 Å². The highest BCUT2D eigenvalue weighted by molar-refractivity contribution is 6.42. The Morgan fingerprint density at radius 3 is 2.53 bits per heavy atom. The largest absolute Gasteiger partial charge is 0.497 e. The number of nitrogens with zero attached hydrogens (tertiary/aromatic N) is 2. The average molecular weight is 248 g/mol. The highest BCUT2D eigenvalue weighted by Gasteiger charge is 2.28. The molecule has 0 bridgehead atoms. The second-order valence-corrected chi connectivity index (χ2v) is 4.91. The first-order valence-electron chi connectivity index (χ1n) is 6.03. The number of hydrogen-bond donors (Lipinski definition) is 0. The maximum absolute atomic E-state index is 6.21. The topological polar surface area (TPSA) is 17.4 Å². The van der Waals surface area contributed by atoms with Crippen molar-refractivity contribution in [3.63, 3.8) is 0 Å². The molecule has 1 aromatic heterocycles. The van der Waals surface area contributed by atoms with Crippen LogP contribution in [-0.4, -0.2) is 60.2 Å². The van der Waals surface area contributed by atoms with Gasteiger partial charge in [-0.25, -0.2) is 0 Å². The number of rotatable bonds is 4. The quantitative estimate of drug-likeness (QED) is 0.739. The Bertz CT molecular complexity index is 580. The number of likely N-dealkylation sites (N-methyl/N-ethyl adjacent to an activating group) is 1. The average Bonchev–Trinajstić information content (AvgIpc) is 2.80. The SMILES string of the molecule is [B]C(N(C)C)C([B])([B])n1ccc2cc(OC)ccc21. The van der Waals surface area contributed by atoms with Gasteiger partial charge in [-0.3, -0.25) is 0 Å². The number of fused-ring (bicyclic) bond motifs is 1. The van der Waals surface area contributed by atoms with E-state index in [1.54, 1.807) is 16.6 Å². The van der Waals surface area contributed by atoms with Crippen molar-refractivity contribution in [2.24, 2.45) is 0 Å². The zero-order valence-corrected chi connectivity index (χ0v) is 11.5. The van der Waals surface area contributed by atoms with E-state index in [4.69, 9.17) is 28.3 Å². The molecular weight excluding hydrogens is 233 g/mol. The van der Waals surface area contributed by atoms with Gasteiger partial charge in [0.2, 0.25) is 0 Å². The van der Waals surface area contributed by atoms with Crippen LogP contribution in [0.15, 0.2) is 30.5 Å². The molecule has 2 aromatic rings. The fourth-order valence-electron chi connectivity index (χ4n) is 2.14. The van der Waals surface area contributed by atoms with E-state index in [1.165, 1.54) is 0 Å². The molecule has 2 rings (SSSR count). The Hall–Kier alpha value is -1.29. The zero-order valence-electron chi connectivity index (χ0n) is 11.5. The summed E-state index contributed by atoms with van der Waals surface area (Å²) in [5, 5.41) is -0.189. The van der Waals surface area contributed by atoms with Crippen LogP contribution < -0.4 is 4.74 Å². The first-order valence-corrected chi connectivity index (χ1v) is 6.03. The Kier molecular flexibility index (Phi) is 3.72. The molecule has 1 aromatic carbocycles. The molecule has 1 heterocycles. The Morgan fingerprint density at radius 2 is 1.95 bits per heavy atom. The summed E-state index contributed by atoms with van der Waals surface area (Å²) in [5.74, 6) is 0.284. The van der Waals surface area contributed by atoms with Crippen LogP contribution in [0.4, 0.5) is 0 Å². The van der Waals surface area contributed by atoms with Gasteiger partial charge < -0.3 is 14.2 Å². The van der Waals surface area contributed by atoms with Crippen LogP contribution in [-0.2, 0) is 5.34 Å². The molecule has 19 heavy (non-hydrogen) atoms. The van der Waals surface area contributed by atoms with E-state index < -0.39 is 11.3 Å². The predicted octanol–water partition coefficient (Wildman–Crippen LogP) is 0.653. The van der Waals surface area contributed by atoms with E-state index in [0.29, 0.717) is 0 Å². The third-order valence-corrected chi connectivity index (χ3v) is 3.34. The van der Waals surface area contributed by atoms with E-state index in [1.807, 2.05) is 44.6 Å². The molecule has 0 fully saturated rings. The number of ether oxygens (including phenoxy) is 1. The number of methoxy groups -OCH3 is 1. The maximum Gasteiger partial charge on any atom is 0.119 e. The van der Waals surface area contributed by atoms with Gasteiger partial charge in [-0.1, -0.05) is 0 Å². The second-order valence-electron chi connectivity index (χ2n) is 4.91. The van der Waals surface area contributed by atoms with E-state index in [2.05, 4.69) is 0 Å². The van der Waals surface area contributed by atoms with Crippen molar-refractivity contribution >= 4 is 34.4 Å². The molecule has 0 aliphatic heterocycles. The van der Waals surface area contributed by atoms with Gasteiger partial charge in [-0.15, -0.1) is 0 Å². The molecule has 92 valence electrons. The number of aromatic nitrogens is 1. The standard InChI is InChI=1S/C13H15B3N2O/c1-17(2)12(14)13(15,16)18-7-6-9-8-10(19-3)4-5-11(9)18/h4-8,12H,1-3H3. The van der Waals surface area contributed by atoms with E-state index in [-0.39, 0.29) is 0 Å². The molecule has 0 spiro atoms. The molecule has 0 amide bonds. The van der Waals surface area contributed by atoms with Crippen molar-refractivity contribution in [3.8, 4) is 5.75 Å². The molecule has 6 heteroatoms. The summed E-state index contributed by atoms with van der Waals surface area (Å²) in [6.45, 7) is 0. The maximum atomic E-state index is 6.21. The monoisotopic (exact) mass is 248 g/mol. The van der Waals surface area contributed by atoms with Crippen LogP contribution in [0.2, 0.25) is 0 Å². The Labute approximate surface area is 118 Å². The molecule has 6 radical (unpaired) electrons. The summed E-state index contributed by atoms with van der Waals surface area (Å²) in [7, 11) is 23.8. The fraction of sp³-hybridized carbons (Fsp3) is 0.385. The second kappa shape index (κ2) is 5.01. The minimum Gasteiger partial charge on any atom is -0.497 e. The van der Waals surface area contributed by atoms with E-state index in [0.717, 1.165) is 16.7 Å².